The first-order chi connectivity index (χ1) is 10.8. The van der Waals surface area contributed by atoms with Crippen LogP contribution in [0.25, 0.3) is 10.9 Å². The summed E-state index contributed by atoms with van der Waals surface area (Å²) in [5, 5.41) is 13.8. The summed E-state index contributed by atoms with van der Waals surface area (Å²) in [6.45, 7) is 0.649. The van der Waals surface area contributed by atoms with E-state index in [0.29, 0.717) is 6.54 Å². The normalized spacial score (nSPS) is 12.0. The fourth-order valence-electron chi connectivity index (χ4n) is 2.53. The third kappa shape index (κ3) is 2.80. The highest BCUT2D eigenvalue weighted by Crippen LogP contribution is 2.27. The number of nitriles is 1. The topological polar surface area (TPSA) is 60.8 Å². The molecule has 0 aliphatic carbocycles. The highest BCUT2D eigenvalue weighted by atomic mass is 16.5. The van der Waals surface area contributed by atoms with Gasteiger partial charge in [0.15, 0.2) is 0 Å². The number of H-pyrrole nitrogens is 1. The first-order valence-corrected chi connectivity index (χ1v) is 7.14. The lowest BCUT2D eigenvalue weighted by Gasteiger charge is -2.11. The summed E-state index contributed by atoms with van der Waals surface area (Å²) < 4.78 is 5.27. The number of fused-ring (bicyclic) bond motifs is 1. The molecule has 0 saturated heterocycles. The standard InChI is InChI=1S/C18H17N3O/c1-22-14-7-8-17-15(9-14)16(12-21-17)18(10-19)20-11-13-5-3-2-4-6-13/h2-9,12,18,20-21H,11H2,1H3. The van der Waals surface area contributed by atoms with E-state index in [1.807, 2.05) is 54.7 Å². The summed E-state index contributed by atoms with van der Waals surface area (Å²) in [5.41, 5.74) is 3.09. The Morgan fingerprint density at radius 2 is 2.05 bits per heavy atom. The van der Waals surface area contributed by atoms with Crippen LogP contribution in [0.2, 0.25) is 0 Å². The summed E-state index contributed by atoms with van der Waals surface area (Å²) in [6.07, 6.45) is 1.88. The van der Waals surface area contributed by atoms with Gasteiger partial charge in [0, 0.05) is 29.2 Å². The van der Waals surface area contributed by atoms with Crippen molar-refractivity contribution in [2.24, 2.45) is 0 Å². The van der Waals surface area contributed by atoms with Crippen LogP contribution in [0.3, 0.4) is 0 Å². The second kappa shape index (κ2) is 6.33. The van der Waals surface area contributed by atoms with Crippen LogP contribution in [0, 0.1) is 11.3 Å². The van der Waals surface area contributed by atoms with Crippen LogP contribution in [0.1, 0.15) is 17.2 Å². The summed E-state index contributed by atoms with van der Waals surface area (Å²) in [7, 11) is 1.64. The number of methoxy groups -OCH3 is 1. The van der Waals surface area contributed by atoms with Gasteiger partial charge in [-0.2, -0.15) is 5.26 Å². The van der Waals surface area contributed by atoms with Crippen LogP contribution in [-0.4, -0.2) is 12.1 Å². The van der Waals surface area contributed by atoms with Gasteiger partial charge in [0.1, 0.15) is 11.8 Å². The predicted octanol–water partition coefficient (Wildman–Crippen LogP) is 3.53. The molecule has 0 spiro atoms. The van der Waals surface area contributed by atoms with Crippen LogP contribution in [-0.2, 0) is 6.54 Å². The molecule has 0 saturated carbocycles. The van der Waals surface area contributed by atoms with E-state index in [2.05, 4.69) is 16.4 Å². The highest BCUT2D eigenvalue weighted by molar-refractivity contribution is 5.85. The molecule has 1 atom stereocenters. The third-order valence-corrected chi connectivity index (χ3v) is 3.71. The van der Waals surface area contributed by atoms with Crippen molar-refractivity contribution in [3.05, 3.63) is 65.9 Å². The van der Waals surface area contributed by atoms with Gasteiger partial charge in [-0.1, -0.05) is 30.3 Å². The van der Waals surface area contributed by atoms with Crippen molar-refractivity contribution >= 4 is 10.9 Å². The Labute approximate surface area is 129 Å². The third-order valence-electron chi connectivity index (χ3n) is 3.71. The lowest BCUT2D eigenvalue weighted by Crippen LogP contribution is -2.19. The minimum atomic E-state index is -0.374. The summed E-state index contributed by atoms with van der Waals surface area (Å²) >= 11 is 0. The van der Waals surface area contributed by atoms with Gasteiger partial charge < -0.3 is 9.72 Å². The molecular weight excluding hydrogens is 274 g/mol. The monoisotopic (exact) mass is 291 g/mol. The molecule has 0 bridgehead atoms. The molecule has 110 valence electrons. The second-order valence-corrected chi connectivity index (χ2v) is 5.08. The van der Waals surface area contributed by atoms with Crippen LogP contribution >= 0.6 is 0 Å². The number of aromatic nitrogens is 1. The Kier molecular flexibility index (Phi) is 4.08. The molecule has 0 aliphatic heterocycles. The molecule has 2 aromatic carbocycles. The van der Waals surface area contributed by atoms with Gasteiger partial charge >= 0.3 is 0 Å². The van der Waals surface area contributed by atoms with Gasteiger partial charge in [-0.25, -0.2) is 0 Å². The number of benzene rings is 2. The molecule has 1 heterocycles. The average Bonchev–Trinajstić information content (AvgIpc) is 2.99. The molecule has 1 aromatic heterocycles. The summed E-state index contributed by atoms with van der Waals surface area (Å²) in [6, 6.07) is 17.8. The van der Waals surface area contributed by atoms with E-state index >= 15 is 0 Å². The van der Waals surface area contributed by atoms with Crippen molar-refractivity contribution in [1.29, 1.82) is 5.26 Å². The van der Waals surface area contributed by atoms with Gasteiger partial charge in [-0.05, 0) is 23.8 Å². The lowest BCUT2D eigenvalue weighted by molar-refractivity contribution is 0.415. The quantitative estimate of drug-likeness (QED) is 0.756. The Morgan fingerprint density at radius 1 is 1.23 bits per heavy atom. The average molecular weight is 291 g/mol. The summed E-state index contributed by atoms with van der Waals surface area (Å²) in [5.74, 6) is 0.785. The number of aromatic amines is 1. The Hall–Kier alpha value is -2.77. The predicted molar refractivity (Wildman–Crippen MR) is 86.5 cm³/mol. The molecule has 22 heavy (non-hydrogen) atoms. The van der Waals surface area contributed by atoms with Crippen LogP contribution in [0.4, 0.5) is 0 Å². The molecule has 0 amide bonds. The van der Waals surface area contributed by atoms with Crippen LogP contribution in [0.15, 0.2) is 54.7 Å². The van der Waals surface area contributed by atoms with E-state index in [0.717, 1.165) is 27.8 Å². The first-order valence-electron chi connectivity index (χ1n) is 7.14. The van der Waals surface area contributed by atoms with Crippen molar-refractivity contribution < 1.29 is 4.74 Å². The zero-order chi connectivity index (χ0) is 15.4. The van der Waals surface area contributed by atoms with Gasteiger partial charge in [0.25, 0.3) is 0 Å². The van der Waals surface area contributed by atoms with Crippen molar-refractivity contribution in [1.82, 2.24) is 10.3 Å². The van der Waals surface area contributed by atoms with Gasteiger partial charge in [-0.15, -0.1) is 0 Å². The first kappa shape index (κ1) is 14.2. The molecule has 3 aromatic rings. The zero-order valence-corrected chi connectivity index (χ0v) is 12.3. The maximum atomic E-state index is 9.50. The van der Waals surface area contributed by atoms with Gasteiger partial charge in [-0.3, -0.25) is 5.32 Å². The van der Waals surface area contributed by atoms with E-state index in [1.54, 1.807) is 7.11 Å². The molecule has 2 N–H and O–H groups in total. The summed E-state index contributed by atoms with van der Waals surface area (Å²) in [4.78, 5) is 3.21. The maximum Gasteiger partial charge on any atom is 0.123 e. The van der Waals surface area contributed by atoms with Crippen molar-refractivity contribution in [2.45, 2.75) is 12.6 Å². The van der Waals surface area contributed by atoms with E-state index in [1.165, 1.54) is 0 Å². The molecule has 0 radical (unpaired) electrons. The molecule has 0 aliphatic rings. The van der Waals surface area contributed by atoms with Crippen molar-refractivity contribution in [3.63, 3.8) is 0 Å². The van der Waals surface area contributed by atoms with Crippen molar-refractivity contribution in [2.75, 3.05) is 7.11 Å². The van der Waals surface area contributed by atoms with Gasteiger partial charge in [0.05, 0.1) is 13.2 Å². The highest BCUT2D eigenvalue weighted by Gasteiger charge is 2.15. The van der Waals surface area contributed by atoms with Gasteiger partial charge in [0.2, 0.25) is 0 Å². The largest absolute Gasteiger partial charge is 0.497 e. The Bertz CT molecular complexity index is 802. The SMILES string of the molecule is COc1ccc2[nH]cc(C(C#N)NCc3ccccc3)c2c1. The lowest BCUT2D eigenvalue weighted by atomic mass is 10.1. The maximum absolute atomic E-state index is 9.50. The fraction of sp³-hybridized carbons (Fsp3) is 0.167. The Balaban J connectivity index is 1.86. The molecular formula is C18H17N3O. The van der Waals surface area contributed by atoms with Crippen molar-refractivity contribution in [3.8, 4) is 11.8 Å². The molecule has 1 unspecified atom stereocenters. The minimum Gasteiger partial charge on any atom is -0.497 e. The number of hydrogen-bond donors (Lipinski definition) is 2. The number of ether oxygens (including phenoxy) is 1. The smallest absolute Gasteiger partial charge is 0.123 e. The van der Waals surface area contributed by atoms with Crippen LogP contribution < -0.4 is 10.1 Å². The Morgan fingerprint density at radius 3 is 2.77 bits per heavy atom. The molecule has 4 heteroatoms. The zero-order valence-electron chi connectivity index (χ0n) is 12.3. The second-order valence-electron chi connectivity index (χ2n) is 5.08. The van der Waals surface area contributed by atoms with Crippen LogP contribution in [0.5, 0.6) is 5.75 Å². The van der Waals surface area contributed by atoms with E-state index < -0.39 is 0 Å². The van der Waals surface area contributed by atoms with E-state index in [9.17, 15) is 5.26 Å². The molecule has 4 nitrogen and oxygen atoms in total. The number of rotatable bonds is 5. The number of hydrogen-bond acceptors (Lipinski definition) is 3. The van der Waals surface area contributed by atoms with E-state index in [-0.39, 0.29) is 6.04 Å². The number of nitrogens with zero attached hydrogens (tertiary/aromatic N) is 1. The van der Waals surface area contributed by atoms with E-state index in [4.69, 9.17) is 4.74 Å². The fourth-order valence-corrected chi connectivity index (χ4v) is 2.53. The minimum absolute atomic E-state index is 0.374. The molecule has 0 fully saturated rings. The molecule has 3 rings (SSSR count). The number of nitrogens with one attached hydrogen (secondary N) is 2.